The molecule has 1 aromatic heterocycles. The minimum Gasteiger partial charge on any atom is -0.327 e. The van der Waals surface area contributed by atoms with Crippen molar-refractivity contribution < 1.29 is 0 Å². The highest BCUT2D eigenvalue weighted by Gasteiger charge is 2.07. The second kappa shape index (κ2) is 6.21. The standard InChI is InChI=1S/C14H20N4S/c1-4-12(15)9-11-5-7-13(8-6-11)19-14-17-16-10(2)18(14)3/h5-8,12H,4,9,15H2,1-3H3. The highest BCUT2D eigenvalue weighted by Crippen LogP contribution is 2.26. The van der Waals surface area contributed by atoms with Crippen LogP contribution in [0.25, 0.3) is 0 Å². The minimum atomic E-state index is 0.250. The summed E-state index contributed by atoms with van der Waals surface area (Å²) in [6, 6.07) is 8.76. The first-order valence-corrected chi connectivity index (χ1v) is 7.30. The first kappa shape index (κ1) is 14.1. The van der Waals surface area contributed by atoms with Gasteiger partial charge in [-0.05, 0) is 49.2 Å². The van der Waals surface area contributed by atoms with Crippen molar-refractivity contribution in [1.29, 1.82) is 0 Å². The second-order valence-corrected chi connectivity index (χ2v) is 5.75. The molecule has 0 radical (unpaired) electrons. The molecule has 19 heavy (non-hydrogen) atoms. The summed E-state index contributed by atoms with van der Waals surface area (Å²) < 4.78 is 1.99. The van der Waals surface area contributed by atoms with Gasteiger partial charge in [0, 0.05) is 18.0 Å². The molecule has 5 heteroatoms. The molecule has 2 rings (SSSR count). The Morgan fingerprint density at radius 3 is 2.47 bits per heavy atom. The van der Waals surface area contributed by atoms with Crippen molar-refractivity contribution in [3.05, 3.63) is 35.7 Å². The first-order chi connectivity index (χ1) is 9.10. The molecule has 0 aliphatic heterocycles. The maximum Gasteiger partial charge on any atom is 0.195 e. The molecule has 0 aliphatic rings. The quantitative estimate of drug-likeness (QED) is 0.912. The van der Waals surface area contributed by atoms with Crippen molar-refractivity contribution in [3.8, 4) is 0 Å². The normalized spacial score (nSPS) is 12.6. The Morgan fingerprint density at radius 1 is 1.26 bits per heavy atom. The van der Waals surface area contributed by atoms with Crippen LogP contribution in [-0.4, -0.2) is 20.8 Å². The topological polar surface area (TPSA) is 56.7 Å². The lowest BCUT2D eigenvalue weighted by atomic mass is 10.1. The molecule has 1 aromatic carbocycles. The van der Waals surface area contributed by atoms with Crippen molar-refractivity contribution in [2.75, 3.05) is 0 Å². The SMILES string of the molecule is CCC(N)Cc1ccc(Sc2nnc(C)n2C)cc1. The molecule has 0 saturated carbocycles. The van der Waals surface area contributed by atoms with Crippen LogP contribution in [0.5, 0.6) is 0 Å². The van der Waals surface area contributed by atoms with Gasteiger partial charge in [0.05, 0.1) is 0 Å². The third-order valence-electron chi connectivity index (χ3n) is 3.21. The van der Waals surface area contributed by atoms with E-state index < -0.39 is 0 Å². The van der Waals surface area contributed by atoms with E-state index in [0.29, 0.717) is 0 Å². The monoisotopic (exact) mass is 276 g/mol. The van der Waals surface area contributed by atoms with Gasteiger partial charge in [0.1, 0.15) is 5.82 Å². The van der Waals surface area contributed by atoms with E-state index in [-0.39, 0.29) is 6.04 Å². The number of hydrogen-bond acceptors (Lipinski definition) is 4. The van der Waals surface area contributed by atoms with Crippen LogP contribution in [0.15, 0.2) is 34.3 Å². The van der Waals surface area contributed by atoms with Gasteiger partial charge < -0.3 is 10.3 Å². The Morgan fingerprint density at radius 2 is 1.95 bits per heavy atom. The van der Waals surface area contributed by atoms with Crippen molar-refractivity contribution >= 4 is 11.8 Å². The largest absolute Gasteiger partial charge is 0.327 e. The Balaban J connectivity index is 2.04. The van der Waals surface area contributed by atoms with E-state index in [1.807, 2.05) is 18.5 Å². The molecule has 0 fully saturated rings. The Bertz CT molecular complexity index is 533. The fourth-order valence-corrected chi connectivity index (χ4v) is 2.56. The van der Waals surface area contributed by atoms with Crippen LogP contribution in [0.4, 0.5) is 0 Å². The van der Waals surface area contributed by atoms with Crippen LogP contribution in [0.3, 0.4) is 0 Å². The summed E-state index contributed by atoms with van der Waals surface area (Å²) in [5.41, 5.74) is 7.25. The number of aromatic nitrogens is 3. The predicted octanol–water partition coefficient (Wildman–Crippen LogP) is 2.55. The molecule has 2 aromatic rings. The third kappa shape index (κ3) is 3.58. The molecule has 1 heterocycles. The lowest BCUT2D eigenvalue weighted by Gasteiger charge is -2.09. The molecule has 2 N–H and O–H groups in total. The molecule has 0 aliphatic carbocycles. The van der Waals surface area contributed by atoms with Crippen LogP contribution >= 0.6 is 11.8 Å². The molecule has 1 unspecified atom stereocenters. The Kier molecular flexibility index (Phi) is 4.61. The van der Waals surface area contributed by atoms with Gasteiger partial charge in [-0.15, -0.1) is 10.2 Å². The zero-order valence-corrected chi connectivity index (χ0v) is 12.4. The maximum atomic E-state index is 5.96. The fourth-order valence-electron chi connectivity index (χ4n) is 1.72. The number of nitrogens with two attached hydrogens (primary N) is 1. The van der Waals surface area contributed by atoms with Gasteiger partial charge >= 0.3 is 0 Å². The van der Waals surface area contributed by atoms with Crippen LogP contribution < -0.4 is 5.73 Å². The highest BCUT2D eigenvalue weighted by atomic mass is 32.2. The van der Waals surface area contributed by atoms with E-state index in [1.165, 1.54) is 10.5 Å². The zero-order chi connectivity index (χ0) is 13.8. The summed E-state index contributed by atoms with van der Waals surface area (Å²) in [6.45, 7) is 4.07. The number of nitrogens with zero attached hydrogens (tertiary/aromatic N) is 3. The molecule has 102 valence electrons. The third-order valence-corrected chi connectivity index (χ3v) is 4.25. The van der Waals surface area contributed by atoms with Gasteiger partial charge in [-0.3, -0.25) is 0 Å². The molecule has 0 saturated heterocycles. The summed E-state index contributed by atoms with van der Waals surface area (Å²) in [5, 5.41) is 9.12. The van der Waals surface area contributed by atoms with Gasteiger partial charge in [-0.1, -0.05) is 19.1 Å². The van der Waals surface area contributed by atoms with Gasteiger partial charge in [-0.2, -0.15) is 0 Å². The molecule has 0 amide bonds. The van der Waals surface area contributed by atoms with Crippen LogP contribution in [0, 0.1) is 6.92 Å². The lowest BCUT2D eigenvalue weighted by Crippen LogP contribution is -2.21. The molecule has 0 bridgehead atoms. The lowest BCUT2D eigenvalue weighted by molar-refractivity contribution is 0.646. The summed E-state index contributed by atoms with van der Waals surface area (Å²) in [6.07, 6.45) is 1.94. The van der Waals surface area contributed by atoms with Crippen molar-refractivity contribution in [2.45, 2.75) is 42.8 Å². The van der Waals surface area contributed by atoms with Gasteiger partial charge in [-0.25, -0.2) is 0 Å². The van der Waals surface area contributed by atoms with E-state index in [9.17, 15) is 0 Å². The van der Waals surface area contributed by atoms with Crippen molar-refractivity contribution in [3.63, 3.8) is 0 Å². The molecular formula is C14H20N4S. The summed E-state index contributed by atoms with van der Waals surface area (Å²) in [7, 11) is 1.98. The smallest absolute Gasteiger partial charge is 0.195 e. The number of aryl methyl sites for hydroxylation is 1. The molecule has 1 atom stereocenters. The average molecular weight is 276 g/mol. The molecular weight excluding hydrogens is 256 g/mol. The predicted molar refractivity (Wildman–Crippen MR) is 78.3 cm³/mol. The van der Waals surface area contributed by atoms with E-state index in [1.54, 1.807) is 11.8 Å². The highest BCUT2D eigenvalue weighted by molar-refractivity contribution is 7.99. The minimum absolute atomic E-state index is 0.250. The van der Waals surface area contributed by atoms with Crippen LogP contribution in [0.2, 0.25) is 0 Å². The summed E-state index contributed by atoms with van der Waals surface area (Å²) in [4.78, 5) is 1.17. The van der Waals surface area contributed by atoms with E-state index in [2.05, 4.69) is 41.4 Å². The van der Waals surface area contributed by atoms with Crippen LogP contribution in [-0.2, 0) is 13.5 Å². The van der Waals surface area contributed by atoms with E-state index in [4.69, 9.17) is 5.73 Å². The fraction of sp³-hybridized carbons (Fsp3) is 0.429. The average Bonchev–Trinajstić information content (AvgIpc) is 2.73. The van der Waals surface area contributed by atoms with Crippen LogP contribution in [0.1, 0.15) is 24.7 Å². The molecule has 4 nitrogen and oxygen atoms in total. The maximum absolute atomic E-state index is 5.96. The zero-order valence-electron chi connectivity index (χ0n) is 11.6. The number of hydrogen-bond donors (Lipinski definition) is 1. The van der Waals surface area contributed by atoms with Gasteiger partial charge in [0.15, 0.2) is 5.16 Å². The van der Waals surface area contributed by atoms with Gasteiger partial charge in [0.2, 0.25) is 0 Å². The molecule has 0 spiro atoms. The van der Waals surface area contributed by atoms with E-state index >= 15 is 0 Å². The Hall–Kier alpha value is -1.33. The van der Waals surface area contributed by atoms with E-state index in [0.717, 1.165) is 23.8 Å². The summed E-state index contributed by atoms with van der Waals surface area (Å²) >= 11 is 1.63. The van der Waals surface area contributed by atoms with Crippen molar-refractivity contribution in [1.82, 2.24) is 14.8 Å². The summed E-state index contributed by atoms with van der Waals surface area (Å²) in [5.74, 6) is 0.924. The van der Waals surface area contributed by atoms with Crippen molar-refractivity contribution in [2.24, 2.45) is 12.8 Å². The Labute approximate surface area is 118 Å². The second-order valence-electron chi connectivity index (χ2n) is 4.71. The number of benzene rings is 1. The van der Waals surface area contributed by atoms with Gasteiger partial charge in [0.25, 0.3) is 0 Å². The first-order valence-electron chi connectivity index (χ1n) is 6.48. The number of rotatable bonds is 5.